The topological polar surface area (TPSA) is 37.8 Å². The van der Waals surface area contributed by atoms with Crippen molar-refractivity contribution in [2.24, 2.45) is 0 Å². The molecule has 1 fully saturated rings. The number of aromatic nitrogens is 2. The first-order chi connectivity index (χ1) is 8.99. The lowest BCUT2D eigenvalue weighted by Gasteiger charge is -2.13. The van der Waals surface area contributed by atoms with Crippen LogP contribution in [0.3, 0.4) is 0 Å². The van der Waals surface area contributed by atoms with Gasteiger partial charge < -0.3 is 5.32 Å². The third kappa shape index (κ3) is 3.99. The fourth-order valence-corrected chi connectivity index (χ4v) is 3.37. The number of hydrogen-bond donors (Lipinski definition) is 1. The van der Waals surface area contributed by atoms with Gasteiger partial charge in [0.15, 0.2) is 5.69 Å². The van der Waals surface area contributed by atoms with Crippen LogP contribution in [0, 0.1) is 0 Å². The van der Waals surface area contributed by atoms with E-state index in [1.54, 1.807) is 0 Å². The van der Waals surface area contributed by atoms with Crippen LogP contribution in [0.2, 0.25) is 0 Å². The van der Waals surface area contributed by atoms with Crippen LogP contribution < -0.4 is 5.32 Å². The molecule has 1 saturated carbocycles. The monoisotopic (exact) mass is 291 g/mol. The van der Waals surface area contributed by atoms with Crippen LogP contribution in [-0.4, -0.2) is 27.2 Å². The second-order valence-corrected chi connectivity index (χ2v) is 6.11. The van der Waals surface area contributed by atoms with Crippen LogP contribution >= 0.6 is 11.8 Å². The third-order valence-electron chi connectivity index (χ3n) is 3.09. The van der Waals surface area contributed by atoms with Crippen molar-refractivity contribution in [3.63, 3.8) is 0 Å². The van der Waals surface area contributed by atoms with Gasteiger partial charge >= 0.3 is 6.18 Å². The summed E-state index contributed by atoms with van der Waals surface area (Å²) in [5.41, 5.74) is -0.955. The smallest absolute Gasteiger partial charge is 0.366 e. The van der Waals surface area contributed by atoms with Crippen molar-refractivity contribution in [2.45, 2.75) is 43.7 Å². The molecule has 2 rings (SSSR count). The summed E-state index contributed by atoms with van der Waals surface area (Å²) in [6, 6.07) is 2.59. The van der Waals surface area contributed by atoms with Crippen molar-refractivity contribution in [3.05, 3.63) is 17.8 Å². The first-order valence-corrected chi connectivity index (χ1v) is 7.33. The minimum absolute atomic E-state index is 0.287. The van der Waals surface area contributed by atoms with Crippen molar-refractivity contribution < 1.29 is 13.2 Å². The molecule has 1 N–H and O–H groups in total. The van der Waals surface area contributed by atoms with E-state index in [0.717, 1.165) is 31.1 Å². The van der Waals surface area contributed by atoms with Crippen molar-refractivity contribution in [1.82, 2.24) is 10.2 Å². The van der Waals surface area contributed by atoms with Crippen LogP contribution in [-0.2, 0) is 6.18 Å². The number of hydrogen-bond acceptors (Lipinski definition) is 4. The number of anilines is 1. The molecule has 0 aromatic carbocycles. The highest BCUT2D eigenvalue weighted by Gasteiger charge is 2.33. The molecule has 7 heteroatoms. The zero-order valence-electron chi connectivity index (χ0n) is 10.6. The molecule has 1 heterocycles. The van der Waals surface area contributed by atoms with E-state index in [1.165, 1.54) is 6.07 Å². The van der Waals surface area contributed by atoms with Gasteiger partial charge in [0.05, 0.1) is 0 Å². The molecule has 2 unspecified atom stereocenters. The molecule has 1 aliphatic rings. The van der Waals surface area contributed by atoms with E-state index in [0.29, 0.717) is 11.1 Å². The molecule has 1 aromatic rings. The maximum Gasteiger partial charge on any atom is 0.435 e. The highest BCUT2D eigenvalue weighted by Crippen LogP contribution is 2.31. The van der Waals surface area contributed by atoms with Gasteiger partial charge in [0, 0.05) is 11.3 Å². The fourth-order valence-electron chi connectivity index (χ4n) is 2.23. The Kier molecular flexibility index (Phi) is 4.54. The van der Waals surface area contributed by atoms with E-state index < -0.39 is 11.9 Å². The second kappa shape index (κ2) is 5.98. The largest absolute Gasteiger partial charge is 0.435 e. The molecule has 2 atom stereocenters. The number of rotatable bonds is 4. The van der Waals surface area contributed by atoms with E-state index in [-0.39, 0.29) is 6.04 Å². The Morgan fingerprint density at radius 1 is 1.32 bits per heavy atom. The lowest BCUT2D eigenvalue weighted by Crippen LogP contribution is -2.18. The van der Waals surface area contributed by atoms with Crippen molar-refractivity contribution in [2.75, 3.05) is 11.1 Å². The van der Waals surface area contributed by atoms with Gasteiger partial charge in [0.2, 0.25) is 0 Å². The highest BCUT2D eigenvalue weighted by atomic mass is 32.2. The predicted molar refractivity (Wildman–Crippen MR) is 70.2 cm³/mol. The lowest BCUT2D eigenvalue weighted by molar-refractivity contribution is -0.141. The van der Waals surface area contributed by atoms with Gasteiger partial charge in [0.25, 0.3) is 0 Å². The third-order valence-corrected chi connectivity index (χ3v) is 4.33. The Morgan fingerprint density at radius 3 is 2.68 bits per heavy atom. The Bertz CT molecular complexity index is 408. The summed E-state index contributed by atoms with van der Waals surface area (Å²) in [7, 11) is 0. The summed E-state index contributed by atoms with van der Waals surface area (Å²) >= 11 is 1.93. The molecule has 106 valence electrons. The summed E-state index contributed by atoms with van der Waals surface area (Å²) < 4.78 is 37.0. The maximum absolute atomic E-state index is 12.3. The van der Waals surface area contributed by atoms with E-state index in [9.17, 15) is 13.2 Å². The Balaban J connectivity index is 1.90. The molecular formula is C12H16F3N3S. The summed E-state index contributed by atoms with van der Waals surface area (Å²) in [6.45, 7) is 2.13. The summed E-state index contributed by atoms with van der Waals surface area (Å²) in [5.74, 6) is 1.51. The van der Waals surface area contributed by atoms with Crippen LogP contribution in [0.1, 0.15) is 31.9 Å². The zero-order valence-corrected chi connectivity index (χ0v) is 11.4. The number of nitrogens with one attached hydrogen (secondary N) is 1. The quantitative estimate of drug-likeness (QED) is 0.920. The van der Waals surface area contributed by atoms with E-state index >= 15 is 0 Å². The second-order valence-electron chi connectivity index (χ2n) is 4.53. The molecule has 0 saturated heterocycles. The van der Waals surface area contributed by atoms with Crippen LogP contribution in [0.5, 0.6) is 0 Å². The molecule has 0 amide bonds. The standard InChI is InChI=1S/C12H16F3N3S/c1-2-19-9-4-3-8(7-9)16-11-6-5-10(17-18-11)12(13,14)15/h5-6,8-9H,2-4,7H2,1H3,(H,16,18). The first kappa shape index (κ1) is 14.4. The molecular weight excluding hydrogens is 275 g/mol. The average Bonchev–Trinajstić information content (AvgIpc) is 2.77. The molecule has 1 aliphatic carbocycles. The van der Waals surface area contributed by atoms with Gasteiger partial charge in [-0.2, -0.15) is 24.9 Å². The summed E-state index contributed by atoms with van der Waals surface area (Å²) in [6.07, 6.45) is -1.23. The van der Waals surface area contributed by atoms with Gasteiger partial charge in [-0.1, -0.05) is 6.92 Å². The summed E-state index contributed by atoms with van der Waals surface area (Å²) in [5, 5.41) is 10.6. The average molecular weight is 291 g/mol. The molecule has 0 radical (unpaired) electrons. The number of thioether (sulfide) groups is 1. The zero-order chi connectivity index (χ0) is 13.9. The van der Waals surface area contributed by atoms with Gasteiger partial charge in [-0.15, -0.1) is 10.2 Å². The van der Waals surface area contributed by atoms with Crippen molar-refractivity contribution in [1.29, 1.82) is 0 Å². The number of halogens is 3. The van der Waals surface area contributed by atoms with Gasteiger partial charge in [-0.05, 0) is 37.1 Å². The first-order valence-electron chi connectivity index (χ1n) is 6.28. The Morgan fingerprint density at radius 2 is 2.11 bits per heavy atom. The Labute approximate surface area is 114 Å². The van der Waals surface area contributed by atoms with E-state index in [1.807, 2.05) is 11.8 Å². The summed E-state index contributed by atoms with van der Waals surface area (Å²) in [4.78, 5) is 0. The van der Waals surface area contributed by atoms with E-state index in [2.05, 4.69) is 22.4 Å². The highest BCUT2D eigenvalue weighted by molar-refractivity contribution is 7.99. The molecule has 0 aliphatic heterocycles. The van der Waals surface area contributed by atoms with E-state index in [4.69, 9.17) is 0 Å². The molecule has 0 bridgehead atoms. The van der Waals surface area contributed by atoms with Crippen LogP contribution in [0.4, 0.5) is 19.0 Å². The van der Waals surface area contributed by atoms with Crippen LogP contribution in [0.25, 0.3) is 0 Å². The molecule has 0 spiro atoms. The minimum Gasteiger partial charge on any atom is -0.366 e. The maximum atomic E-state index is 12.3. The van der Waals surface area contributed by atoms with Crippen molar-refractivity contribution >= 4 is 17.6 Å². The molecule has 1 aromatic heterocycles. The molecule has 19 heavy (non-hydrogen) atoms. The number of alkyl halides is 3. The number of nitrogens with zero attached hydrogens (tertiary/aromatic N) is 2. The fraction of sp³-hybridized carbons (Fsp3) is 0.667. The molecule has 3 nitrogen and oxygen atoms in total. The normalized spacial score (nSPS) is 23.6. The van der Waals surface area contributed by atoms with Crippen LogP contribution in [0.15, 0.2) is 12.1 Å². The predicted octanol–water partition coefficient (Wildman–Crippen LogP) is 3.58. The van der Waals surface area contributed by atoms with Gasteiger partial charge in [-0.25, -0.2) is 0 Å². The SMILES string of the molecule is CCSC1CCC(Nc2ccc(C(F)(F)F)nn2)C1. The lowest BCUT2D eigenvalue weighted by atomic mass is 10.2. The van der Waals surface area contributed by atoms with Gasteiger partial charge in [0.1, 0.15) is 5.82 Å². The van der Waals surface area contributed by atoms with Gasteiger partial charge in [-0.3, -0.25) is 0 Å². The van der Waals surface area contributed by atoms with Crippen molar-refractivity contribution in [3.8, 4) is 0 Å². The minimum atomic E-state index is -4.43. The Hall–Kier alpha value is -0.980.